The summed E-state index contributed by atoms with van der Waals surface area (Å²) >= 11 is 6.45. The number of H-pyrrole nitrogens is 1. The lowest BCUT2D eigenvalue weighted by molar-refractivity contribution is 0.0878. The molecule has 14 nitrogen and oxygen atoms in total. The van der Waals surface area contributed by atoms with E-state index < -0.39 is 8.07 Å². The normalized spacial score (nSPS) is 17.7. The Morgan fingerprint density at radius 1 is 0.732 bits per heavy atom. The minimum Gasteiger partial charge on any atom is -0.491 e. The number of nitrogens with one attached hydrogen (secondary N) is 1. The Bertz CT molecular complexity index is 3550. The number of ether oxygens (including phenoxy) is 3. The van der Waals surface area contributed by atoms with Crippen LogP contribution in [0.3, 0.4) is 0 Å². The maximum atomic E-state index is 14.0. The molecule has 3 aliphatic rings. The van der Waals surface area contributed by atoms with Gasteiger partial charge in [0.15, 0.2) is 0 Å². The van der Waals surface area contributed by atoms with Crippen LogP contribution in [0.2, 0.25) is 25.7 Å². The van der Waals surface area contributed by atoms with Crippen molar-refractivity contribution in [3.63, 3.8) is 0 Å². The van der Waals surface area contributed by atoms with Crippen LogP contribution in [0.5, 0.6) is 11.5 Å². The summed E-state index contributed by atoms with van der Waals surface area (Å²) in [6.45, 7) is 15.9. The van der Waals surface area contributed by atoms with Crippen molar-refractivity contribution < 1.29 is 14.2 Å². The predicted octanol–water partition coefficient (Wildman–Crippen LogP) is 11.3. The van der Waals surface area contributed by atoms with Crippen molar-refractivity contribution >= 4 is 89.3 Å². The van der Waals surface area contributed by atoms with Gasteiger partial charge in [0.1, 0.15) is 40.7 Å². The second-order valence-corrected chi connectivity index (χ2v) is 28.9. The third-order valence-corrected chi connectivity index (χ3v) is 18.6. The van der Waals surface area contributed by atoms with Gasteiger partial charge in [-0.25, -0.2) is 9.97 Å². The van der Waals surface area contributed by atoms with E-state index in [4.69, 9.17) is 24.2 Å². The molecule has 8 aromatic rings. The standard InChI is InChI=1S/C27H32BrN3O4SSi.C26H28N4O3S/c1-17-8-5-6-11-35-22-15-18(28)14-21-24(22)29-23(27(33)30(21)16-34-12-13-37(2,3)4)19-9-7-10-20-25(19)36-31(17)26(20)32;1-16-7-2-5-12-33-21-14-17(15-29-10-3-4-11-29)13-20-23(21)28-22(25(31)27-20)18-8-6-9-19-24(18)34-30(16)26(19)32/h7,9-10,14-15,17H,5-6,8,11-13,16H2,1-4H3;6,8-9,13-14,16H,2-5,7,10-12,15H2,1H3,(H,27,31). The summed E-state index contributed by atoms with van der Waals surface area (Å²) in [5.41, 5.74) is 5.23. The summed E-state index contributed by atoms with van der Waals surface area (Å²) in [6, 6.07) is 20.2. The first-order valence-electron chi connectivity index (χ1n) is 24.9. The summed E-state index contributed by atoms with van der Waals surface area (Å²) < 4.78 is 26.2. The van der Waals surface area contributed by atoms with E-state index >= 15 is 0 Å². The van der Waals surface area contributed by atoms with Gasteiger partial charge in [0, 0.05) is 48.9 Å². The molecule has 7 heterocycles. The molecule has 18 heteroatoms. The van der Waals surface area contributed by atoms with Crippen LogP contribution in [-0.2, 0) is 18.0 Å². The first-order chi connectivity index (χ1) is 34.2. The molecule has 8 bridgehead atoms. The fourth-order valence-corrected chi connectivity index (χ4v) is 13.3. The van der Waals surface area contributed by atoms with Gasteiger partial charge in [0.25, 0.3) is 22.2 Å². The topological polar surface area (TPSA) is 156 Å². The van der Waals surface area contributed by atoms with Crippen LogP contribution >= 0.6 is 39.0 Å². The molecule has 372 valence electrons. The molecule has 0 amide bonds. The van der Waals surface area contributed by atoms with Crippen LogP contribution in [0.4, 0.5) is 0 Å². The van der Waals surface area contributed by atoms with Gasteiger partial charge < -0.3 is 19.2 Å². The first-order valence-corrected chi connectivity index (χ1v) is 30.9. The van der Waals surface area contributed by atoms with Crippen LogP contribution < -0.4 is 31.7 Å². The SMILES string of the molecule is CC1CCCCOc2cc(Br)cc3c2nc(c(=O)n3COCC[Si](C)(C)C)-c2cccc3c(=O)n1sc23.CC1CCCCOc2cc(CN3CCCC3)cc3[nH]c(=O)c(nc23)-c2cccc3c(=O)n1sc23. The molecule has 2 unspecified atom stereocenters. The zero-order valence-electron chi connectivity index (χ0n) is 41.0. The molecule has 3 aliphatic heterocycles. The number of aromatic nitrogens is 6. The molecule has 0 spiro atoms. The number of hydrogen-bond acceptors (Lipinski definition) is 12. The van der Waals surface area contributed by atoms with E-state index in [0.29, 0.717) is 86.7 Å². The molecule has 0 aliphatic carbocycles. The largest absolute Gasteiger partial charge is 0.491 e. The Labute approximate surface area is 428 Å². The number of fused-ring (bicyclic) bond motifs is 6. The number of hydrogen-bond donors (Lipinski definition) is 1. The summed E-state index contributed by atoms with van der Waals surface area (Å²) in [5, 5.41) is 1.26. The van der Waals surface area contributed by atoms with E-state index in [-0.39, 0.29) is 41.1 Å². The minimum atomic E-state index is -1.28. The molecule has 1 N–H and O–H groups in total. The fourth-order valence-electron chi connectivity index (χ4n) is 9.79. The Morgan fingerprint density at radius 2 is 1.32 bits per heavy atom. The van der Waals surface area contributed by atoms with Crippen LogP contribution in [0, 0.1) is 0 Å². The molecule has 1 fully saturated rings. The minimum absolute atomic E-state index is 0.00457. The highest BCUT2D eigenvalue weighted by Gasteiger charge is 2.25. The van der Waals surface area contributed by atoms with E-state index in [9.17, 15) is 19.2 Å². The first kappa shape index (κ1) is 49.3. The molecule has 1 saturated heterocycles. The maximum absolute atomic E-state index is 14.0. The summed E-state index contributed by atoms with van der Waals surface area (Å²) in [7, 11) is -1.28. The van der Waals surface area contributed by atoms with Gasteiger partial charge in [-0.3, -0.25) is 36.6 Å². The summed E-state index contributed by atoms with van der Waals surface area (Å²) in [5.74, 6) is 1.34. The number of halogens is 1. The smallest absolute Gasteiger partial charge is 0.279 e. The Morgan fingerprint density at radius 3 is 1.94 bits per heavy atom. The number of aromatic amines is 1. The van der Waals surface area contributed by atoms with E-state index in [1.165, 1.54) is 35.9 Å². The van der Waals surface area contributed by atoms with Crippen LogP contribution in [-0.4, -0.2) is 73.3 Å². The molecule has 2 atom stereocenters. The van der Waals surface area contributed by atoms with Crippen molar-refractivity contribution in [1.82, 2.24) is 32.3 Å². The Hall–Kier alpha value is -5.24. The van der Waals surface area contributed by atoms with Gasteiger partial charge >= 0.3 is 0 Å². The summed E-state index contributed by atoms with van der Waals surface area (Å²) in [6.07, 6.45) is 7.90. The van der Waals surface area contributed by atoms with E-state index in [2.05, 4.69) is 65.4 Å². The van der Waals surface area contributed by atoms with Crippen molar-refractivity contribution in [3.05, 3.63) is 112 Å². The van der Waals surface area contributed by atoms with Gasteiger partial charge in [-0.1, -0.05) is 82.9 Å². The number of nitrogens with zero attached hydrogens (tertiary/aromatic N) is 6. The highest BCUT2D eigenvalue weighted by atomic mass is 79.9. The Balaban J connectivity index is 0.000000164. The number of benzene rings is 4. The van der Waals surface area contributed by atoms with Gasteiger partial charge in [0.2, 0.25) is 0 Å². The average molecular weight is 1080 g/mol. The second-order valence-electron chi connectivity index (χ2n) is 20.4. The molecular formula is C53H60BrN7O7S2Si. The zero-order chi connectivity index (χ0) is 49.6. The number of likely N-dealkylation sites (tertiary alicyclic amines) is 1. The fraction of sp³-hybridized carbons (Fsp3) is 0.434. The molecule has 11 rings (SSSR count). The molecule has 71 heavy (non-hydrogen) atoms. The molecule has 0 saturated carbocycles. The monoisotopic (exact) mass is 1080 g/mol. The third-order valence-electron chi connectivity index (χ3n) is 13.8. The highest BCUT2D eigenvalue weighted by Crippen LogP contribution is 2.36. The van der Waals surface area contributed by atoms with Crippen LogP contribution in [0.15, 0.2) is 84.3 Å². The second kappa shape index (κ2) is 20.7. The average Bonchev–Trinajstić information content (AvgIpc) is 4.07. The van der Waals surface area contributed by atoms with Crippen molar-refractivity contribution in [3.8, 4) is 34.0 Å². The van der Waals surface area contributed by atoms with Crippen LogP contribution in [0.25, 0.3) is 64.8 Å². The lowest BCUT2D eigenvalue weighted by Gasteiger charge is -2.18. The van der Waals surface area contributed by atoms with Gasteiger partial charge in [-0.05, 0) is 126 Å². The van der Waals surface area contributed by atoms with Crippen molar-refractivity contribution in [1.29, 1.82) is 0 Å². The quantitative estimate of drug-likeness (QED) is 0.120. The van der Waals surface area contributed by atoms with Gasteiger partial charge in [-0.2, -0.15) is 0 Å². The third kappa shape index (κ3) is 10.2. The van der Waals surface area contributed by atoms with E-state index in [0.717, 1.165) is 83.6 Å². The molecular weight excluding hydrogens is 1020 g/mol. The molecule has 0 radical (unpaired) electrons. The van der Waals surface area contributed by atoms with Gasteiger partial charge in [-0.15, -0.1) is 0 Å². The number of rotatable bonds is 7. The van der Waals surface area contributed by atoms with Crippen molar-refractivity contribution in [2.75, 3.05) is 32.9 Å². The molecule has 4 aromatic heterocycles. The lowest BCUT2D eigenvalue weighted by Crippen LogP contribution is -2.27. The van der Waals surface area contributed by atoms with Crippen molar-refractivity contribution in [2.45, 2.75) is 116 Å². The van der Waals surface area contributed by atoms with Gasteiger partial charge in [0.05, 0.1) is 44.4 Å². The Kier molecular flexibility index (Phi) is 14.4. The van der Waals surface area contributed by atoms with E-state index in [1.54, 1.807) is 4.57 Å². The lowest BCUT2D eigenvalue weighted by atomic mass is 10.1. The highest BCUT2D eigenvalue weighted by molar-refractivity contribution is 9.10. The van der Waals surface area contributed by atoms with Crippen molar-refractivity contribution in [2.24, 2.45) is 0 Å². The summed E-state index contributed by atoms with van der Waals surface area (Å²) in [4.78, 5) is 68.8. The molecule has 4 aromatic carbocycles. The predicted molar refractivity (Wildman–Crippen MR) is 293 cm³/mol. The van der Waals surface area contributed by atoms with Crippen LogP contribution in [0.1, 0.15) is 82.9 Å². The maximum Gasteiger partial charge on any atom is 0.279 e. The zero-order valence-corrected chi connectivity index (χ0v) is 45.2. The van der Waals surface area contributed by atoms with E-state index in [1.807, 2.05) is 62.5 Å².